The minimum atomic E-state index is -4.95. The van der Waals surface area contributed by atoms with Gasteiger partial charge in [0.05, 0.1) is 26.4 Å². The van der Waals surface area contributed by atoms with E-state index in [9.17, 15) is 43.2 Å². The molecule has 0 heterocycles. The molecule has 546 valence electrons. The van der Waals surface area contributed by atoms with E-state index in [-0.39, 0.29) is 25.7 Å². The van der Waals surface area contributed by atoms with Gasteiger partial charge < -0.3 is 33.8 Å². The predicted octanol–water partition coefficient (Wildman–Crippen LogP) is 21.2. The van der Waals surface area contributed by atoms with Crippen molar-refractivity contribution in [2.75, 3.05) is 39.6 Å². The number of carbonyl (C=O) groups is 4. The maximum atomic E-state index is 13.1. The lowest BCUT2D eigenvalue weighted by Crippen LogP contribution is -2.30. The molecule has 0 aromatic rings. The first kappa shape index (κ1) is 90.1. The average molecular weight is 1350 g/mol. The van der Waals surface area contributed by atoms with E-state index in [4.69, 9.17) is 37.0 Å². The standard InChI is InChI=1S/C73H142O17P2/c1-7-9-11-13-15-17-19-20-26-29-33-36-43-49-55-70(75)83-61-68(89-73(78)58-52-46-38-34-30-27-24-22-21-23-25-28-31-35-41-47-53-65(3)4)63-87-91(79,80)85-59-67(74)60-86-92(81,82)88-64-69(62-84-71(76)56-50-44-40-39-42-48-54-66(5)6)90-72(77)57-51-45-37-32-18-16-14-12-10-8-2/h65-69,74H,7-64H2,1-6H3,(H,79,80)(H,81,82)/t67-,68-,69-/m1/s1. The van der Waals surface area contributed by atoms with Crippen molar-refractivity contribution < 1.29 is 80.2 Å². The van der Waals surface area contributed by atoms with Gasteiger partial charge in [-0.2, -0.15) is 0 Å². The lowest BCUT2D eigenvalue weighted by Gasteiger charge is -2.21. The van der Waals surface area contributed by atoms with Crippen LogP contribution in [0.2, 0.25) is 0 Å². The molecule has 0 aromatic carbocycles. The third kappa shape index (κ3) is 66.7. The number of aliphatic hydroxyl groups excluding tert-OH is 1. The first-order valence-electron chi connectivity index (χ1n) is 38.0. The highest BCUT2D eigenvalue weighted by molar-refractivity contribution is 7.47. The van der Waals surface area contributed by atoms with Gasteiger partial charge in [-0.1, -0.05) is 324 Å². The number of ether oxygens (including phenoxy) is 4. The molecule has 19 heteroatoms. The summed E-state index contributed by atoms with van der Waals surface area (Å²) >= 11 is 0. The monoisotopic (exact) mass is 1350 g/mol. The summed E-state index contributed by atoms with van der Waals surface area (Å²) in [4.78, 5) is 72.6. The molecular weight excluding hydrogens is 1210 g/mol. The molecule has 17 nitrogen and oxygen atoms in total. The van der Waals surface area contributed by atoms with Crippen LogP contribution in [-0.2, 0) is 65.4 Å². The summed E-state index contributed by atoms with van der Waals surface area (Å²) in [7, 11) is -9.90. The van der Waals surface area contributed by atoms with E-state index in [0.29, 0.717) is 31.6 Å². The molecule has 0 rings (SSSR count). The second-order valence-corrected chi connectivity index (χ2v) is 30.2. The van der Waals surface area contributed by atoms with Gasteiger partial charge in [0.2, 0.25) is 0 Å². The summed E-state index contributed by atoms with van der Waals surface area (Å²) in [6.45, 7) is 9.51. The van der Waals surface area contributed by atoms with E-state index in [0.717, 1.165) is 102 Å². The van der Waals surface area contributed by atoms with Crippen molar-refractivity contribution in [1.29, 1.82) is 0 Å². The molecule has 0 radical (unpaired) electrons. The summed E-state index contributed by atoms with van der Waals surface area (Å²) in [6.07, 6.45) is 51.5. The molecule has 92 heavy (non-hydrogen) atoms. The number of esters is 4. The van der Waals surface area contributed by atoms with Crippen LogP contribution in [-0.4, -0.2) is 96.7 Å². The van der Waals surface area contributed by atoms with Crippen LogP contribution in [0.1, 0.15) is 375 Å². The van der Waals surface area contributed by atoms with Gasteiger partial charge >= 0.3 is 39.5 Å². The second-order valence-electron chi connectivity index (χ2n) is 27.3. The van der Waals surface area contributed by atoms with Crippen LogP contribution in [0.25, 0.3) is 0 Å². The fourth-order valence-corrected chi connectivity index (χ4v) is 12.7. The molecule has 3 N–H and O–H groups in total. The number of rotatable bonds is 72. The van der Waals surface area contributed by atoms with Gasteiger partial charge in [0.15, 0.2) is 12.2 Å². The van der Waals surface area contributed by atoms with Crippen molar-refractivity contribution in [3.8, 4) is 0 Å². The highest BCUT2D eigenvalue weighted by atomic mass is 31.2. The maximum Gasteiger partial charge on any atom is 0.472 e. The zero-order chi connectivity index (χ0) is 67.9. The largest absolute Gasteiger partial charge is 0.472 e. The van der Waals surface area contributed by atoms with Gasteiger partial charge in [0, 0.05) is 25.7 Å². The van der Waals surface area contributed by atoms with Gasteiger partial charge in [-0.05, 0) is 37.5 Å². The number of phosphoric acid groups is 2. The average Bonchev–Trinajstić information content (AvgIpc) is 2.05. The number of unbranched alkanes of at least 4 members (excludes halogenated alkanes) is 42. The van der Waals surface area contributed by atoms with Gasteiger partial charge in [-0.3, -0.25) is 37.3 Å². The Morgan fingerprint density at radius 3 is 0.739 bits per heavy atom. The Morgan fingerprint density at radius 2 is 0.500 bits per heavy atom. The molecule has 0 aliphatic heterocycles. The Balaban J connectivity index is 5.20. The first-order chi connectivity index (χ1) is 44.4. The number of phosphoric ester groups is 2. The predicted molar refractivity (Wildman–Crippen MR) is 372 cm³/mol. The van der Waals surface area contributed by atoms with Crippen molar-refractivity contribution in [2.45, 2.75) is 394 Å². The van der Waals surface area contributed by atoms with Crippen molar-refractivity contribution in [1.82, 2.24) is 0 Å². The van der Waals surface area contributed by atoms with Crippen molar-refractivity contribution >= 4 is 39.5 Å². The maximum absolute atomic E-state index is 13.1. The van der Waals surface area contributed by atoms with E-state index >= 15 is 0 Å². The summed E-state index contributed by atoms with van der Waals surface area (Å²) in [6, 6.07) is 0. The Bertz CT molecular complexity index is 1790. The molecule has 0 aliphatic rings. The van der Waals surface area contributed by atoms with Gasteiger partial charge in [0.1, 0.15) is 19.3 Å². The minimum Gasteiger partial charge on any atom is -0.462 e. The molecule has 0 bridgehead atoms. The van der Waals surface area contributed by atoms with E-state index in [1.54, 1.807) is 0 Å². The van der Waals surface area contributed by atoms with Crippen molar-refractivity contribution in [3.05, 3.63) is 0 Å². The number of hydrogen-bond acceptors (Lipinski definition) is 15. The second kappa shape index (κ2) is 65.0. The summed E-state index contributed by atoms with van der Waals surface area (Å²) in [5.41, 5.74) is 0. The topological polar surface area (TPSA) is 237 Å². The normalized spacial score (nSPS) is 14.1. The van der Waals surface area contributed by atoms with Gasteiger partial charge in [0.25, 0.3) is 0 Å². The lowest BCUT2D eigenvalue weighted by molar-refractivity contribution is -0.161. The molecule has 2 unspecified atom stereocenters. The molecule has 0 fully saturated rings. The lowest BCUT2D eigenvalue weighted by atomic mass is 10.0. The van der Waals surface area contributed by atoms with E-state index in [1.807, 2.05) is 0 Å². The van der Waals surface area contributed by atoms with E-state index in [2.05, 4.69) is 41.5 Å². The molecule has 0 spiro atoms. The van der Waals surface area contributed by atoms with Crippen LogP contribution in [0, 0.1) is 11.8 Å². The molecule has 5 atom stereocenters. The Kier molecular flexibility index (Phi) is 63.7. The molecule has 0 aliphatic carbocycles. The van der Waals surface area contributed by atoms with Crippen LogP contribution in [0.4, 0.5) is 0 Å². The molecule has 0 amide bonds. The molecule has 0 aromatic heterocycles. The quantitative estimate of drug-likeness (QED) is 0.0222. The van der Waals surface area contributed by atoms with Crippen molar-refractivity contribution in [2.24, 2.45) is 11.8 Å². The minimum absolute atomic E-state index is 0.105. The summed E-state index contributed by atoms with van der Waals surface area (Å²) in [5, 5.41) is 10.6. The fourth-order valence-electron chi connectivity index (χ4n) is 11.1. The molecule has 0 saturated heterocycles. The highest BCUT2D eigenvalue weighted by Gasteiger charge is 2.30. The van der Waals surface area contributed by atoms with Gasteiger partial charge in [-0.15, -0.1) is 0 Å². The SMILES string of the molecule is CCCCCCCCCCCCCCCCC(=O)OC[C@H](COP(=O)(O)OC[C@@H](O)COP(=O)(O)OC[C@@H](COC(=O)CCCCCCCCC(C)C)OC(=O)CCCCCCCCCCCC)OC(=O)CCCCCCCCCCCCCCCCCCC(C)C. The Labute approximate surface area is 562 Å². The van der Waals surface area contributed by atoms with Crippen LogP contribution < -0.4 is 0 Å². The number of hydrogen-bond donors (Lipinski definition) is 3. The van der Waals surface area contributed by atoms with Crippen LogP contribution in [0.5, 0.6) is 0 Å². The van der Waals surface area contributed by atoms with Crippen LogP contribution >= 0.6 is 15.6 Å². The summed E-state index contributed by atoms with van der Waals surface area (Å²) < 4.78 is 68.3. The van der Waals surface area contributed by atoms with Crippen LogP contribution in [0.3, 0.4) is 0 Å². The van der Waals surface area contributed by atoms with Crippen molar-refractivity contribution in [3.63, 3.8) is 0 Å². The van der Waals surface area contributed by atoms with E-state index < -0.39 is 97.5 Å². The zero-order valence-corrected chi connectivity index (χ0v) is 61.6. The fraction of sp³-hybridized carbons (Fsp3) is 0.945. The third-order valence-electron chi connectivity index (χ3n) is 17.0. The van der Waals surface area contributed by atoms with Gasteiger partial charge in [-0.25, -0.2) is 9.13 Å². The van der Waals surface area contributed by atoms with E-state index in [1.165, 1.54) is 186 Å². The Hall–Kier alpha value is -1.94. The number of aliphatic hydroxyl groups is 1. The first-order valence-corrected chi connectivity index (χ1v) is 41.0. The number of carbonyl (C=O) groups excluding carboxylic acids is 4. The van der Waals surface area contributed by atoms with Crippen LogP contribution in [0.15, 0.2) is 0 Å². The Morgan fingerprint density at radius 1 is 0.293 bits per heavy atom. The molecular formula is C73H142O17P2. The zero-order valence-electron chi connectivity index (χ0n) is 59.9. The highest BCUT2D eigenvalue weighted by Crippen LogP contribution is 2.45. The molecule has 0 saturated carbocycles. The smallest absolute Gasteiger partial charge is 0.462 e. The summed E-state index contributed by atoms with van der Waals surface area (Å²) in [5.74, 6) is -0.632. The third-order valence-corrected chi connectivity index (χ3v) is 18.9.